The van der Waals surface area contributed by atoms with E-state index in [4.69, 9.17) is 9.47 Å². The van der Waals surface area contributed by atoms with Crippen molar-refractivity contribution in [2.45, 2.75) is 45.7 Å². The topological polar surface area (TPSA) is 47.6 Å². The first-order valence-electron chi connectivity index (χ1n) is 6.15. The fourth-order valence-corrected chi connectivity index (χ4v) is 2.04. The maximum Gasteiger partial charge on any atom is 0.323 e. The van der Waals surface area contributed by atoms with E-state index in [0.29, 0.717) is 12.5 Å². The van der Waals surface area contributed by atoms with Gasteiger partial charge in [-0.3, -0.25) is 4.79 Å². The largest absolute Gasteiger partial charge is 0.465 e. The smallest absolute Gasteiger partial charge is 0.323 e. The number of hydrogen-bond donors (Lipinski definition) is 1. The molecule has 1 atom stereocenters. The van der Waals surface area contributed by atoms with Crippen molar-refractivity contribution < 1.29 is 14.3 Å². The van der Waals surface area contributed by atoms with E-state index >= 15 is 0 Å². The third-order valence-electron chi connectivity index (χ3n) is 2.79. The van der Waals surface area contributed by atoms with Gasteiger partial charge < -0.3 is 14.8 Å². The van der Waals surface area contributed by atoms with Crippen LogP contribution in [0.2, 0.25) is 0 Å². The Morgan fingerprint density at radius 2 is 2.06 bits per heavy atom. The Morgan fingerprint density at radius 1 is 1.44 bits per heavy atom. The van der Waals surface area contributed by atoms with Gasteiger partial charge in [-0.1, -0.05) is 13.8 Å². The second kappa shape index (κ2) is 6.86. The van der Waals surface area contributed by atoms with Gasteiger partial charge in [0.05, 0.1) is 6.61 Å². The molecule has 0 saturated carbocycles. The number of rotatable bonds is 5. The van der Waals surface area contributed by atoms with Gasteiger partial charge >= 0.3 is 5.97 Å². The van der Waals surface area contributed by atoms with Crippen molar-refractivity contribution in [2.24, 2.45) is 5.92 Å². The minimum Gasteiger partial charge on any atom is -0.465 e. The van der Waals surface area contributed by atoms with Crippen LogP contribution in [-0.2, 0) is 14.3 Å². The van der Waals surface area contributed by atoms with Crippen molar-refractivity contribution in [2.75, 3.05) is 19.8 Å². The number of hydrogen-bond acceptors (Lipinski definition) is 4. The lowest BCUT2D eigenvalue weighted by Crippen LogP contribution is -2.48. The van der Waals surface area contributed by atoms with Gasteiger partial charge in [0.15, 0.2) is 0 Å². The molecule has 1 N–H and O–H groups in total. The first-order chi connectivity index (χ1) is 7.65. The summed E-state index contributed by atoms with van der Waals surface area (Å²) < 4.78 is 10.4. The zero-order valence-corrected chi connectivity index (χ0v) is 10.5. The van der Waals surface area contributed by atoms with Gasteiger partial charge in [-0.2, -0.15) is 0 Å². The van der Waals surface area contributed by atoms with Crippen LogP contribution in [0, 0.1) is 5.92 Å². The van der Waals surface area contributed by atoms with Crippen LogP contribution in [0.15, 0.2) is 0 Å². The van der Waals surface area contributed by atoms with Crippen LogP contribution in [0.5, 0.6) is 0 Å². The van der Waals surface area contributed by atoms with E-state index in [1.165, 1.54) is 0 Å². The summed E-state index contributed by atoms with van der Waals surface area (Å²) in [5, 5.41) is 3.30. The van der Waals surface area contributed by atoms with Crippen molar-refractivity contribution >= 4 is 5.97 Å². The zero-order valence-electron chi connectivity index (χ0n) is 10.5. The molecule has 0 bridgehead atoms. The van der Waals surface area contributed by atoms with E-state index in [-0.39, 0.29) is 18.1 Å². The van der Waals surface area contributed by atoms with Gasteiger partial charge in [-0.25, -0.2) is 0 Å². The van der Waals surface area contributed by atoms with Crippen LogP contribution < -0.4 is 5.32 Å². The fraction of sp³-hybridized carbons (Fsp3) is 0.917. The maximum absolute atomic E-state index is 11.9. The highest BCUT2D eigenvalue weighted by atomic mass is 16.5. The molecule has 0 aliphatic carbocycles. The Balaban J connectivity index is 2.57. The minimum absolute atomic E-state index is 0.122. The van der Waals surface area contributed by atoms with Crippen molar-refractivity contribution in [1.82, 2.24) is 5.32 Å². The molecule has 1 rings (SSSR count). The SMILES string of the molecule is CCOC(=O)C(NC(C)C)C1CCOCC1. The van der Waals surface area contributed by atoms with E-state index < -0.39 is 0 Å². The molecule has 0 aromatic rings. The minimum atomic E-state index is -0.177. The van der Waals surface area contributed by atoms with E-state index in [0.717, 1.165) is 26.1 Å². The highest BCUT2D eigenvalue weighted by Crippen LogP contribution is 2.20. The van der Waals surface area contributed by atoms with Crippen LogP contribution in [-0.4, -0.2) is 37.9 Å². The van der Waals surface area contributed by atoms with Gasteiger partial charge in [0.2, 0.25) is 0 Å². The number of esters is 1. The van der Waals surface area contributed by atoms with E-state index in [1.54, 1.807) is 0 Å². The van der Waals surface area contributed by atoms with E-state index in [9.17, 15) is 4.79 Å². The predicted octanol–water partition coefficient (Wildman–Crippen LogP) is 1.34. The van der Waals surface area contributed by atoms with Crippen LogP contribution in [0.25, 0.3) is 0 Å². The summed E-state index contributed by atoms with van der Waals surface area (Å²) in [5.41, 5.74) is 0. The molecule has 0 spiro atoms. The van der Waals surface area contributed by atoms with Gasteiger partial charge in [-0.05, 0) is 25.7 Å². The number of carbonyl (C=O) groups excluding carboxylic acids is 1. The highest BCUT2D eigenvalue weighted by molar-refractivity contribution is 5.76. The molecule has 4 nitrogen and oxygen atoms in total. The molecule has 0 radical (unpaired) electrons. The van der Waals surface area contributed by atoms with E-state index in [2.05, 4.69) is 5.32 Å². The molecule has 4 heteroatoms. The molecule has 16 heavy (non-hydrogen) atoms. The molecule has 0 aromatic carbocycles. The molecule has 1 aliphatic heterocycles. The zero-order chi connectivity index (χ0) is 12.0. The lowest BCUT2D eigenvalue weighted by atomic mass is 9.91. The summed E-state index contributed by atoms with van der Waals surface area (Å²) >= 11 is 0. The number of ether oxygens (including phenoxy) is 2. The first kappa shape index (κ1) is 13.5. The van der Waals surface area contributed by atoms with Gasteiger partial charge in [0.1, 0.15) is 6.04 Å². The molecule has 94 valence electrons. The van der Waals surface area contributed by atoms with Crippen molar-refractivity contribution in [3.05, 3.63) is 0 Å². The average molecular weight is 229 g/mol. The molecular weight excluding hydrogens is 206 g/mol. The molecule has 1 saturated heterocycles. The van der Waals surface area contributed by atoms with Crippen LogP contribution in [0.3, 0.4) is 0 Å². The predicted molar refractivity (Wildman–Crippen MR) is 62.2 cm³/mol. The Labute approximate surface area is 97.7 Å². The molecule has 0 aromatic heterocycles. The van der Waals surface area contributed by atoms with Crippen LogP contribution in [0.1, 0.15) is 33.6 Å². The third-order valence-corrected chi connectivity index (χ3v) is 2.79. The Hall–Kier alpha value is -0.610. The van der Waals surface area contributed by atoms with Gasteiger partial charge in [0, 0.05) is 19.3 Å². The standard InChI is InChI=1S/C12H23NO3/c1-4-16-12(14)11(13-9(2)3)10-5-7-15-8-6-10/h9-11,13H,4-8H2,1-3H3. The Kier molecular flexibility index (Phi) is 5.77. The summed E-state index contributed by atoms with van der Waals surface area (Å²) in [6.45, 7) is 7.88. The quantitative estimate of drug-likeness (QED) is 0.723. The monoisotopic (exact) mass is 229 g/mol. The summed E-state index contributed by atoms with van der Waals surface area (Å²) in [6, 6.07) is 0.112. The third kappa shape index (κ3) is 4.10. The molecular formula is C12H23NO3. The van der Waals surface area contributed by atoms with Gasteiger partial charge in [-0.15, -0.1) is 0 Å². The van der Waals surface area contributed by atoms with Crippen LogP contribution >= 0.6 is 0 Å². The number of nitrogens with one attached hydrogen (secondary N) is 1. The molecule has 1 unspecified atom stereocenters. The molecule has 1 heterocycles. The highest BCUT2D eigenvalue weighted by Gasteiger charge is 2.31. The van der Waals surface area contributed by atoms with Crippen LogP contribution in [0.4, 0.5) is 0 Å². The van der Waals surface area contributed by atoms with E-state index in [1.807, 2.05) is 20.8 Å². The lowest BCUT2D eigenvalue weighted by Gasteiger charge is -2.30. The second-order valence-electron chi connectivity index (χ2n) is 4.50. The normalized spacial score (nSPS) is 19.8. The average Bonchev–Trinajstić information content (AvgIpc) is 2.27. The first-order valence-corrected chi connectivity index (χ1v) is 6.15. The van der Waals surface area contributed by atoms with Gasteiger partial charge in [0.25, 0.3) is 0 Å². The molecule has 0 amide bonds. The van der Waals surface area contributed by atoms with Crippen molar-refractivity contribution in [1.29, 1.82) is 0 Å². The summed E-state index contributed by atoms with van der Waals surface area (Å²) in [5.74, 6) is 0.221. The summed E-state index contributed by atoms with van der Waals surface area (Å²) in [7, 11) is 0. The Bertz CT molecular complexity index is 212. The second-order valence-corrected chi connectivity index (χ2v) is 4.50. The maximum atomic E-state index is 11.9. The summed E-state index contributed by atoms with van der Waals surface area (Å²) in [6.07, 6.45) is 1.87. The molecule has 1 aliphatic rings. The van der Waals surface area contributed by atoms with Crippen molar-refractivity contribution in [3.8, 4) is 0 Å². The number of carbonyl (C=O) groups is 1. The Morgan fingerprint density at radius 3 is 2.56 bits per heavy atom. The lowest BCUT2D eigenvalue weighted by molar-refractivity contribution is -0.148. The van der Waals surface area contributed by atoms with Crippen molar-refractivity contribution in [3.63, 3.8) is 0 Å². The fourth-order valence-electron chi connectivity index (χ4n) is 2.04. The molecule has 1 fully saturated rings. The summed E-state index contributed by atoms with van der Waals surface area (Å²) in [4.78, 5) is 11.9.